The fourth-order valence-electron chi connectivity index (χ4n) is 3.44. The summed E-state index contributed by atoms with van der Waals surface area (Å²) in [5.74, 6) is -0.0803. The summed E-state index contributed by atoms with van der Waals surface area (Å²) in [4.78, 5) is 27.3. The Morgan fingerprint density at radius 1 is 1.17 bits per heavy atom. The molecule has 0 aliphatic carbocycles. The number of alkyl halides is 3. The van der Waals surface area contributed by atoms with Crippen LogP contribution in [0.5, 0.6) is 11.8 Å². The quantitative estimate of drug-likeness (QED) is 0.393. The zero-order chi connectivity index (χ0) is 25.0. The van der Waals surface area contributed by atoms with Gasteiger partial charge >= 0.3 is 11.6 Å². The van der Waals surface area contributed by atoms with E-state index in [2.05, 4.69) is 30.3 Å². The number of aliphatic hydroxyl groups is 1. The summed E-state index contributed by atoms with van der Waals surface area (Å²) in [6.45, 7) is 1.01. The lowest BCUT2D eigenvalue weighted by Crippen LogP contribution is -2.24. The molecule has 0 radical (unpaired) electrons. The molecule has 184 valence electrons. The molecule has 3 N–H and O–H groups in total. The Morgan fingerprint density at radius 3 is 2.49 bits per heavy atom. The number of anilines is 4. The second-order valence-electron chi connectivity index (χ2n) is 7.59. The van der Waals surface area contributed by atoms with E-state index < -0.39 is 17.6 Å². The fourth-order valence-corrected chi connectivity index (χ4v) is 3.53. The molecule has 0 spiro atoms. The van der Waals surface area contributed by atoms with E-state index in [0.717, 1.165) is 0 Å². The van der Waals surface area contributed by atoms with E-state index >= 15 is 0 Å². The molecule has 1 aliphatic heterocycles. The molecule has 3 aromatic rings. The van der Waals surface area contributed by atoms with Crippen LogP contribution in [0.4, 0.5) is 31.7 Å². The minimum Gasteiger partial charge on any atom is -0.467 e. The summed E-state index contributed by atoms with van der Waals surface area (Å²) >= 11 is 4.76. The molecule has 0 bridgehead atoms. The first-order valence-electron chi connectivity index (χ1n) is 10.4. The molecule has 1 aromatic carbocycles. The molecule has 2 aromatic heterocycles. The number of carbonyl (C=O) groups excluding carboxylic acids is 1. The van der Waals surface area contributed by atoms with Gasteiger partial charge < -0.3 is 30.1 Å². The number of carbonyl (C=O) groups is 1. The van der Waals surface area contributed by atoms with Crippen LogP contribution in [-0.4, -0.2) is 57.8 Å². The van der Waals surface area contributed by atoms with E-state index in [9.17, 15) is 18.7 Å². The lowest BCUT2D eigenvalue weighted by atomic mass is 10.2. The SMILES string of the molecule is COc1ncc(Nc2cc(C(=O)Nc3ccc(OC(F)(F)Cl)cc3)cnc2N2CCC(O)C2)cn1. The largest absolute Gasteiger partial charge is 0.487 e. The molecule has 1 unspecified atom stereocenters. The van der Waals surface area contributed by atoms with Gasteiger partial charge in [0.15, 0.2) is 5.82 Å². The lowest BCUT2D eigenvalue weighted by molar-refractivity contribution is -0.0964. The summed E-state index contributed by atoms with van der Waals surface area (Å²) in [5, 5.41) is 15.8. The second kappa shape index (κ2) is 10.2. The molecule has 1 amide bonds. The molecule has 35 heavy (non-hydrogen) atoms. The average molecular weight is 507 g/mol. The predicted octanol–water partition coefficient (Wildman–Crippen LogP) is 3.62. The number of halogens is 3. The van der Waals surface area contributed by atoms with Crippen LogP contribution in [0.3, 0.4) is 0 Å². The van der Waals surface area contributed by atoms with Gasteiger partial charge in [0.05, 0.1) is 42.5 Å². The van der Waals surface area contributed by atoms with Gasteiger partial charge in [0.25, 0.3) is 5.91 Å². The third kappa shape index (κ3) is 6.43. The Morgan fingerprint density at radius 2 is 1.89 bits per heavy atom. The Kier molecular flexibility index (Phi) is 7.12. The minimum atomic E-state index is -3.83. The number of methoxy groups -OCH3 is 1. The maximum absolute atomic E-state index is 12.9. The predicted molar refractivity (Wildman–Crippen MR) is 125 cm³/mol. The molecule has 1 saturated heterocycles. The van der Waals surface area contributed by atoms with Gasteiger partial charge in [-0.05, 0) is 36.8 Å². The first-order valence-corrected chi connectivity index (χ1v) is 10.8. The van der Waals surface area contributed by atoms with Crippen LogP contribution in [0.25, 0.3) is 0 Å². The topological polar surface area (TPSA) is 122 Å². The van der Waals surface area contributed by atoms with Crippen molar-refractivity contribution in [1.82, 2.24) is 15.0 Å². The number of nitrogens with one attached hydrogen (secondary N) is 2. The van der Waals surface area contributed by atoms with Crippen LogP contribution in [0.1, 0.15) is 16.8 Å². The van der Waals surface area contributed by atoms with Crippen molar-refractivity contribution in [3.63, 3.8) is 0 Å². The Bertz CT molecular complexity index is 1180. The lowest BCUT2D eigenvalue weighted by Gasteiger charge is -2.21. The number of benzene rings is 1. The van der Waals surface area contributed by atoms with Gasteiger partial charge in [-0.15, -0.1) is 8.78 Å². The number of hydrogen-bond donors (Lipinski definition) is 3. The van der Waals surface area contributed by atoms with Gasteiger partial charge in [0.2, 0.25) is 0 Å². The highest BCUT2D eigenvalue weighted by atomic mass is 35.5. The van der Waals surface area contributed by atoms with Gasteiger partial charge in [-0.25, -0.2) is 15.0 Å². The van der Waals surface area contributed by atoms with Crippen LogP contribution < -0.4 is 25.0 Å². The highest BCUT2D eigenvalue weighted by Crippen LogP contribution is 2.31. The number of amides is 1. The molecule has 10 nitrogen and oxygen atoms in total. The third-order valence-corrected chi connectivity index (χ3v) is 5.10. The van der Waals surface area contributed by atoms with E-state index in [1.165, 1.54) is 50.0 Å². The summed E-state index contributed by atoms with van der Waals surface area (Å²) in [7, 11) is 1.46. The van der Waals surface area contributed by atoms with Gasteiger partial charge in [-0.2, -0.15) is 0 Å². The number of β-amino-alcohol motifs (C(OH)–C–C–N with tert-alkyl or cyclic N) is 1. The molecule has 1 fully saturated rings. The first-order chi connectivity index (χ1) is 16.7. The highest BCUT2D eigenvalue weighted by Gasteiger charge is 2.27. The summed E-state index contributed by atoms with van der Waals surface area (Å²) in [6, 6.07) is 7.12. The number of aromatic nitrogens is 3. The van der Waals surface area contributed by atoms with E-state index in [1.807, 2.05) is 4.90 Å². The van der Waals surface area contributed by atoms with Crippen molar-refractivity contribution < 1.29 is 28.2 Å². The zero-order valence-corrected chi connectivity index (χ0v) is 19.2. The Hall–Kier alpha value is -3.77. The van der Waals surface area contributed by atoms with Gasteiger partial charge in [-0.1, -0.05) is 0 Å². The van der Waals surface area contributed by atoms with Gasteiger partial charge in [0, 0.05) is 36.6 Å². The first kappa shape index (κ1) is 24.4. The third-order valence-electron chi connectivity index (χ3n) is 5.03. The Labute approximate surface area is 203 Å². The van der Waals surface area contributed by atoms with Crippen molar-refractivity contribution in [2.45, 2.75) is 18.1 Å². The van der Waals surface area contributed by atoms with E-state index in [0.29, 0.717) is 42.4 Å². The molecule has 0 saturated carbocycles. The van der Waals surface area contributed by atoms with Crippen LogP contribution in [0, 0.1) is 0 Å². The summed E-state index contributed by atoms with van der Waals surface area (Å²) in [6.07, 6.45) is 4.59. The molecule has 4 rings (SSSR count). The van der Waals surface area contributed by atoms with Crippen molar-refractivity contribution in [3.8, 4) is 11.8 Å². The number of rotatable bonds is 8. The zero-order valence-electron chi connectivity index (χ0n) is 18.4. The molecule has 1 atom stereocenters. The van der Waals surface area contributed by atoms with E-state index in [1.54, 1.807) is 6.07 Å². The van der Waals surface area contributed by atoms with Crippen LogP contribution in [0.2, 0.25) is 0 Å². The molecule has 13 heteroatoms. The maximum Gasteiger partial charge on any atom is 0.487 e. The molecular weight excluding hydrogens is 486 g/mol. The number of aliphatic hydroxyl groups excluding tert-OH is 1. The van der Waals surface area contributed by atoms with E-state index in [4.69, 9.17) is 16.3 Å². The smallest absolute Gasteiger partial charge is 0.467 e. The normalized spacial score (nSPS) is 15.6. The van der Waals surface area contributed by atoms with Gasteiger partial charge in [0.1, 0.15) is 5.75 Å². The standard InChI is InChI=1S/C22H21ClF2N6O4/c1-34-21-27-10-15(11-28-21)29-18-8-13(9-26-19(18)31-7-6-16(32)12-31)20(33)30-14-2-4-17(5-3-14)35-22(23,24)25/h2-5,8-11,16,29,32H,6-7,12H2,1H3,(H,30,33). The monoisotopic (exact) mass is 506 g/mol. The highest BCUT2D eigenvalue weighted by molar-refractivity contribution is 6.20. The average Bonchev–Trinajstić information content (AvgIpc) is 3.26. The minimum absolute atomic E-state index is 0.157. The van der Waals surface area contributed by atoms with Crippen molar-refractivity contribution >= 4 is 40.4 Å². The summed E-state index contributed by atoms with van der Waals surface area (Å²) < 4.78 is 34.8. The summed E-state index contributed by atoms with van der Waals surface area (Å²) in [5.41, 5.74) is -2.20. The van der Waals surface area contributed by atoms with E-state index in [-0.39, 0.29) is 17.3 Å². The maximum atomic E-state index is 12.9. The molecule has 3 heterocycles. The van der Waals surface area contributed by atoms with Crippen LogP contribution in [0.15, 0.2) is 48.9 Å². The van der Waals surface area contributed by atoms with Crippen molar-refractivity contribution in [2.75, 3.05) is 35.7 Å². The number of nitrogens with zero attached hydrogens (tertiary/aromatic N) is 4. The number of pyridine rings is 1. The fraction of sp³-hybridized carbons (Fsp3) is 0.273. The van der Waals surface area contributed by atoms with Crippen LogP contribution >= 0.6 is 11.6 Å². The number of ether oxygens (including phenoxy) is 2. The Balaban J connectivity index is 1.55. The molecular formula is C22H21ClF2N6O4. The van der Waals surface area contributed by atoms with Gasteiger partial charge in [-0.3, -0.25) is 4.79 Å². The van der Waals surface area contributed by atoms with Crippen LogP contribution in [-0.2, 0) is 0 Å². The number of hydrogen-bond acceptors (Lipinski definition) is 9. The van der Waals surface area contributed by atoms with Crippen molar-refractivity contribution in [3.05, 3.63) is 54.5 Å². The van der Waals surface area contributed by atoms with Crippen molar-refractivity contribution in [1.29, 1.82) is 0 Å². The second-order valence-corrected chi connectivity index (χ2v) is 8.03. The molecule has 1 aliphatic rings. The van der Waals surface area contributed by atoms with Crippen molar-refractivity contribution in [2.24, 2.45) is 0 Å².